The molecule has 3 heterocycles. The molecule has 2 fully saturated rings. The molecule has 0 aliphatic carbocycles. The number of carbonyl (C=O) groups is 1. The van der Waals surface area contributed by atoms with Crippen molar-refractivity contribution in [2.45, 2.75) is 38.8 Å². The zero-order valence-electron chi connectivity index (χ0n) is 17.9. The molecule has 2 aliphatic heterocycles. The standard InChI is InChI=1S/C21H28ClN5O3/c1-20(2,3)30-19(28)25-18-23-11-14-9-15(22)17(10-16(14)24-18)26-5-7-27(8-6-26)21(4)12-29-13-21/h9-11H,5-8,12-13H2,1-4H3,(H,23,24,25,28). The van der Waals surface area contributed by atoms with Crippen LogP contribution in [0.2, 0.25) is 5.02 Å². The van der Waals surface area contributed by atoms with E-state index in [1.807, 2.05) is 12.1 Å². The largest absolute Gasteiger partial charge is 0.444 e. The predicted molar refractivity (Wildman–Crippen MR) is 117 cm³/mol. The van der Waals surface area contributed by atoms with Crippen molar-refractivity contribution in [3.05, 3.63) is 23.4 Å². The van der Waals surface area contributed by atoms with Crippen LogP contribution in [0.1, 0.15) is 27.7 Å². The van der Waals surface area contributed by atoms with Crippen LogP contribution in [-0.4, -0.2) is 71.5 Å². The second kappa shape index (κ2) is 7.83. The lowest BCUT2D eigenvalue weighted by Gasteiger charge is -2.50. The lowest BCUT2D eigenvalue weighted by atomic mass is 9.97. The van der Waals surface area contributed by atoms with Gasteiger partial charge < -0.3 is 14.4 Å². The van der Waals surface area contributed by atoms with Crippen molar-refractivity contribution in [2.75, 3.05) is 49.6 Å². The molecule has 2 saturated heterocycles. The molecule has 0 saturated carbocycles. The highest BCUT2D eigenvalue weighted by Gasteiger charge is 2.40. The number of aromatic nitrogens is 2. The highest BCUT2D eigenvalue weighted by atomic mass is 35.5. The van der Waals surface area contributed by atoms with Gasteiger partial charge in [-0.15, -0.1) is 0 Å². The van der Waals surface area contributed by atoms with Crippen LogP contribution in [0.4, 0.5) is 16.4 Å². The van der Waals surface area contributed by atoms with E-state index in [1.54, 1.807) is 27.0 Å². The van der Waals surface area contributed by atoms with Gasteiger partial charge in [-0.3, -0.25) is 10.2 Å². The molecule has 4 rings (SSSR count). The minimum absolute atomic E-state index is 0.161. The fraction of sp³-hybridized carbons (Fsp3) is 0.571. The number of carbonyl (C=O) groups excluding carboxylic acids is 1. The number of nitrogens with zero attached hydrogens (tertiary/aromatic N) is 4. The van der Waals surface area contributed by atoms with Gasteiger partial charge in [-0.25, -0.2) is 14.8 Å². The minimum atomic E-state index is -0.591. The molecule has 9 heteroatoms. The van der Waals surface area contributed by atoms with Crippen LogP contribution < -0.4 is 10.2 Å². The fourth-order valence-corrected chi connectivity index (χ4v) is 4.10. The summed E-state index contributed by atoms with van der Waals surface area (Å²) < 4.78 is 10.7. The Kier molecular flexibility index (Phi) is 5.50. The Balaban J connectivity index is 1.50. The predicted octanol–water partition coefficient (Wildman–Crippen LogP) is 3.54. The van der Waals surface area contributed by atoms with Crippen molar-refractivity contribution < 1.29 is 14.3 Å². The van der Waals surface area contributed by atoms with Crippen molar-refractivity contribution in [3.63, 3.8) is 0 Å². The van der Waals surface area contributed by atoms with E-state index in [4.69, 9.17) is 21.1 Å². The third-order valence-electron chi connectivity index (χ3n) is 5.47. The zero-order valence-corrected chi connectivity index (χ0v) is 18.6. The van der Waals surface area contributed by atoms with Gasteiger partial charge in [0.05, 0.1) is 35.0 Å². The third-order valence-corrected chi connectivity index (χ3v) is 5.77. The molecule has 0 bridgehead atoms. The Bertz CT molecular complexity index is 950. The maximum absolute atomic E-state index is 12.0. The smallest absolute Gasteiger partial charge is 0.414 e. The second-order valence-electron chi connectivity index (χ2n) is 9.15. The minimum Gasteiger partial charge on any atom is -0.444 e. The summed E-state index contributed by atoms with van der Waals surface area (Å²) in [7, 11) is 0. The number of benzene rings is 1. The van der Waals surface area contributed by atoms with Crippen LogP contribution in [0.5, 0.6) is 0 Å². The average Bonchev–Trinajstić information content (AvgIpc) is 2.64. The van der Waals surface area contributed by atoms with Gasteiger partial charge in [0.15, 0.2) is 0 Å². The number of nitrogens with one attached hydrogen (secondary N) is 1. The van der Waals surface area contributed by atoms with Gasteiger partial charge >= 0.3 is 6.09 Å². The molecule has 2 aromatic rings. The van der Waals surface area contributed by atoms with Gasteiger partial charge in [0.2, 0.25) is 5.95 Å². The zero-order chi connectivity index (χ0) is 21.5. The summed E-state index contributed by atoms with van der Waals surface area (Å²) in [5.74, 6) is 0.202. The summed E-state index contributed by atoms with van der Waals surface area (Å²) >= 11 is 6.58. The van der Waals surface area contributed by atoms with E-state index in [-0.39, 0.29) is 11.5 Å². The molecule has 1 amide bonds. The van der Waals surface area contributed by atoms with Crippen molar-refractivity contribution in [2.24, 2.45) is 0 Å². The van der Waals surface area contributed by atoms with Crippen LogP contribution in [0.25, 0.3) is 10.9 Å². The molecule has 30 heavy (non-hydrogen) atoms. The molecular formula is C21H28ClN5O3. The normalized spacial score (nSPS) is 19.4. The number of halogens is 1. The Labute approximate surface area is 181 Å². The fourth-order valence-electron chi connectivity index (χ4n) is 3.80. The number of hydrogen-bond acceptors (Lipinski definition) is 7. The maximum Gasteiger partial charge on any atom is 0.414 e. The molecule has 2 aliphatic rings. The van der Waals surface area contributed by atoms with E-state index in [9.17, 15) is 4.79 Å². The summed E-state index contributed by atoms with van der Waals surface area (Å²) in [6.07, 6.45) is 1.07. The van der Waals surface area contributed by atoms with E-state index >= 15 is 0 Å². The number of rotatable bonds is 3. The number of hydrogen-bond donors (Lipinski definition) is 1. The molecular weight excluding hydrogens is 406 g/mol. The maximum atomic E-state index is 12.0. The Hall–Kier alpha value is -2.16. The van der Waals surface area contributed by atoms with Gasteiger partial charge in [-0.05, 0) is 39.8 Å². The molecule has 1 N–H and O–H groups in total. The van der Waals surface area contributed by atoms with Gasteiger partial charge in [-0.1, -0.05) is 11.6 Å². The van der Waals surface area contributed by atoms with Crippen LogP contribution in [0, 0.1) is 0 Å². The molecule has 0 spiro atoms. The monoisotopic (exact) mass is 433 g/mol. The first kappa shape index (κ1) is 21.1. The highest BCUT2D eigenvalue weighted by molar-refractivity contribution is 6.34. The molecule has 162 valence electrons. The number of piperazine rings is 1. The van der Waals surface area contributed by atoms with Crippen molar-refractivity contribution in [1.82, 2.24) is 14.9 Å². The molecule has 8 nitrogen and oxygen atoms in total. The van der Waals surface area contributed by atoms with E-state index in [0.717, 1.165) is 56.0 Å². The quantitative estimate of drug-likeness (QED) is 0.792. The Morgan fingerprint density at radius 2 is 1.93 bits per heavy atom. The molecule has 0 atom stereocenters. The lowest BCUT2D eigenvalue weighted by molar-refractivity contribution is -0.131. The van der Waals surface area contributed by atoms with Gasteiger partial charge in [0, 0.05) is 37.8 Å². The number of fused-ring (bicyclic) bond motifs is 1. The summed E-state index contributed by atoms with van der Waals surface area (Å²) in [5, 5.41) is 4.08. The number of amides is 1. The first-order valence-corrected chi connectivity index (χ1v) is 10.5. The summed E-state index contributed by atoms with van der Waals surface area (Å²) in [4.78, 5) is 25.5. The summed E-state index contributed by atoms with van der Waals surface area (Å²) in [6, 6.07) is 3.83. The van der Waals surface area contributed by atoms with Crippen LogP contribution >= 0.6 is 11.6 Å². The second-order valence-corrected chi connectivity index (χ2v) is 9.55. The number of anilines is 2. The Morgan fingerprint density at radius 1 is 1.23 bits per heavy atom. The van der Waals surface area contributed by atoms with Crippen molar-refractivity contribution in [1.29, 1.82) is 0 Å². The first-order valence-electron chi connectivity index (χ1n) is 10.2. The van der Waals surface area contributed by atoms with E-state index in [0.29, 0.717) is 5.02 Å². The van der Waals surface area contributed by atoms with Gasteiger partial charge in [0.1, 0.15) is 5.60 Å². The third kappa shape index (κ3) is 4.45. The average molecular weight is 434 g/mol. The Morgan fingerprint density at radius 3 is 2.53 bits per heavy atom. The SMILES string of the molecule is CC(C)(C)OC(=O)Nc1ncc2cc(Cl)c(N3CCN(C4(C)COC4)CC3)cc2n1. The van der Waals surface area contributed by atoms with Crippen molar-refractivity contribution in [3.8, 4) is 0 Å². The molecule has 0 radical (unpaired) electrons. The summed E-state index contributed by atoms with van der Waals surface area (Å²) in [5.41, 5.74) is 1.24. The first-order chi connectivity index (χ1) is 14.1. The highest BCUT2D eigenvalue weighted by Crippen LogP contribution is 2.33. The van der Waals surface area contributed by atoms with Crippen LogP contribution in [0.3, 0.4) is 0 Å². The lowest BCUT2D eigenvalue weighted by Crippen LogP contribution is -2.64. The topological polar surface area (TPSA) is 79.8 Å². The van der Waals surface area contributed by atoms with Crippen LogP contribution in [0.15, 0.2) is 18.3 Å². The van der Waals surface area contributed by atoms with Gasteiger partial charge in [-0.2, -0.15) is 0 Å². The van der Waals surface area contributed by atoms with Crippen molar-refractivity contribution >= 4 is 40.2 Å². The van der Waals surface area contributed by atoms with E-state index in [1.165, 1.54) is 0 Å². The molecule has 1 aromatic carbocycles. The number of ether oxygens (including phenoxy) is 2. The van der Waals surface area contributed by atoms with E-state index in [2.05, 4.69) is 32.0 Å². The molecule has 0 unspecified atom stereocenters. The van der Waals surface area contributed by atoms with E-state index < -0.39 is 11.7 Å². The molecule has 1 aromatic heterocycles. The van der Waals surface area contributed by atoms with Crippen LogP contribution in [-0.2, 0) is 9.47 Å². The van der Waals surface area contributed by atoms with Gasteiger partial charge in [0.25, 0.3) is 0 Å². The summed E-state index contributed by atoms with van der Waals surface area (Å²) in [6.45, 7) is 13.0.